The number of furan rings is 1. The molecular formula is C15H15ClN2O4. The molecule has 0 saturated carbocycles. The number of nitrogens with zero attached hydrogens (tertiary/aromatic N) is 1. The quantitative estimate of drug-likeness (QED) is 0.929. The standard InChI is InChI=1S/C15H15ClN2O4/c1-21-8-13(19)17-9-6-18(7-9)15(20)11-2-3-12(16)14-10(11)4-5-22-14/h2-5,9H,6-8H2,1H3,(H,17,19). The molecule has 1 aromatic heterocycles. The van der Waals surface area contributed by atoms with Gasteiger partial charge in [0.05, 0.1) is 22.9 Å². The minimum absolute atomic E-state index is 0.0251. The Morgan fingerprint density at radius 2 is 2.18 bits per heavy atom. The van der Waals surface area contributed by atoms with E-state index >= 15 is 0 Å². The van der Waals surface area contributed by atoms with Crippen molar-refractivity contribution in [3.05, 3.63) is 35.0 Å². The number of hydrogen-bond donors (Lipinski definition) is 1. The second-order valence-electron chi connectivity index (χ2n) is 5.17. The molecule has 2 heterocycles. The molecule has 116 valence electrons. The van der Waals surface area contributed by atoms with Gasteiger partial charge in [0.1, 0.15) is 6.61 Å². The summed E-state index contributed by atoms with van der Waals surface area (Å²) in [4.78, 5) is 25.6. The molecule has 1 fully saturated rings. The van der Waals surface area contributed by atoms with Crippen molar-refractivity contribution >= 4 is 34.4 Å². The summed E-state index contributed by atoms with van der Waals surface area (Å²) in [5.41, 5.74) is 1.06. The molecule has 0 unspecified atom stereocenters. The molecule has 7 heteroatoms. The van der Waals surface area contributed by atoms with Crippen LogP contribution in [0.2, 0.25) is 5.02 Å². The molecule has 1 aliphatic rings. The first kappa shape index (κ1) is 14.9. The highest BCUT2D eigenvalue weighted by Crippen LogP contribution is 2.29. The summed E-state index contributed by atoms with van der Waals surface area (Å²) in [6.45, 7) is 0.990. The van der Waals surface area contributed by atoms with Gasteiger partial charge in [0.15, 0.2) is 5.58 Å². The van der Waals surface area contributed by atoms with Crippen LogP contribution in [0.5, 0.6) is 0 Å². The Balaban J connectivity index is 1.67. The second kappa shape index (κ2) is 5.98. The fourth-order valence-electron chi connectivity index (χ4n) is 2.52. The van der Waals surface area contributed by atoms with Gasteiger partial charge in [-0.25, -0.2) is 0 Å². The molecule has 1 N–H and O–H groups in total. The summed E-state index contributed by atoms with van der Waals surface area (Å²) in [7, 11) is 1.47. The Kier molecular flexibility index (Phi) is 4.04. The van der Waals surface area contributed by atoms with E-state index in [-0.39, 0.29) is 24.5 Å². The van der Waals surface area contributed by atoms with Crippen molar-refractivity contribution in [2.45, 2.75) is 6.04 Å². The predicted octanol–water partition coefficient (Wildman–Crippen LogP) is 1.67. The molecule has 1 saturated heterocycles. The van der Waals surface area contributed by atoms with Crippen LogP contribution in [0.4, 0.5) is 0 Å². The highest BCUT2D eigenvalue weighted by molar-refractivity contribution is 6.35. The van der Waals surface area contributed by atoms with E-state index in [1.54, 1.807) is 23.1 Å². The van der Waals surface area contributed by atoms with E-state index in [0.29, 0.717) is 34.6 Å². The van der Waals surface area contributed by atoms with Gasteiger partial charge in [-0.1, -0.05) is 11.6 Å². The van der Waals surface area contributed by atoms with E-state index in [4.69, 9.17) is 20.8 Å². The second-order valence-corrected chi connectivity index (χ2v) is 5.57. The van der Waals surface area contributed by atoms with E-state index in [2.05, 4.69) is 5.32 Å². The Bertz CT molecular complexity index is 721. The number of rotatable bonds is 4. The van der Waals surface area contributed by atoms with E-state index in [0.717, 1.165) is 0 Å². The van der Waals surface area contributed by atoms with Crippen LogP contribution in [0.25, 0.3) is 11.0 Å². The van der Waals surface area contributed by atoms with Crippen molar-refractivity contribution in [2.24, 2.45) is 0 Å². The smallest absolute Gasteiger partial charge is 0.254 e. The number of carbonyl (C=O) groups excluding carboxylic acids is 2. The van der Waals surface area contributed by atoms with Gasteiger partial charge in [-0.2, -0.15) is 0 Å². The van der Waals surface area contributed by atoms with E-state index in [1.165, 1.54) is 13.4 Å². The first-order valence-corrected chi connectivity index (χ1v) is 7.21. The number of ether oxygens (including phenoxy) is 1. The van der Waals surface area contributed by atoms with E-state index in [9.17, 15) is 9.59 Å². The molecule has 0 radical (unpaired) electrons. The first-order chi connectivity index (χ1) is 10.6. The monoisotopic (exact) mass is 322 g/mol. The zero-order valence-electron chi connectivity index (χ0n) is 12.0. The predicted molar refractivity (Wildman–Crippen MR) is 80.9 cm³/mol. The average Bonchev–Trinajstić information content (AvgIpc) is 2.93. The minimum Gasteiger partial charge on any atom is -0.463 e. The third-order valence-corrected chi connectivity index (χ3v) is 3.91. The molecule has 6 nitrogen and oxygen atoms in total. The molecule has 1 aliphatic heterocycles. The number of nitrogens with one attached hydrogen (secondary N) is 1. The van der Waals surface area contributed by atoms with Crippen molar-refractivity contribution in [3.63, 3.8) is 0 Å². The van der Waals surface area contributed by atoms with Gasteiger partial charge in [0.2, 0.25) is 5.91 Å². The fraction of sp³-hybridized carbons (Fsp3) is 0.333. The number of carbonyl (C=O) groups is 2. The van der Waals surface area contributed by atoms with Crippen molar-refractivity contribution in [1.29, 1.82) is 0 Å². The van der Waals surface area contributed by atoms with Crippen LogP contribution < -0.4 is 5.32 Å². The normalized spacial score (nSPS) is 14.9. The van der Waals surface area contributed by atoms with Gasteiger partial charge in [-0.3, -0.25) is 9.59 Å². The lowest BCUT2D eigenvalue weighted by atomic mass is 10.0. The summed E-state index contributed by atoms with van der Waals surface area (Å²) in [5.74, 6) is -0.274. The van der Waals surface area contributed by atoms with Crippen molar-refractivity contribution in [3.8, 4) is 0 Å². The van der Waals surface area contributed by atoms with Gasteiger partial charge in [-0.15, -0.1) is 0 Å². The number of fused-ring (bicyclic) bond motifs is 1. The first-order valence-electron chi connectivity index (χ1n) is 6.83. The lowest BCUT2D eigenvalue weighted by molar-refractivity contribution is -0.126. The van der Waals surface area contributed by atoms with Crippen molar-refractivity contribution in [2.75, 3.05) is 26.8 Å². The Labute approximate surface area is 132 Å². The highest BCUT2D eigenvalue weighted by Gasteiger charge is 2.33. The lowest BCUT2D eigenvalue weighted by Gasteiger charge is -2.39. The molecule has 22 heavy (non-hydrogen) atoms. The van der Waals surface area contributed by atoms with Crippen molar-refractivity contribution in [1.82, 2.24) is 10.2 Å². The van der Waals surface area contributed by atoms with E-state index in [1.807, 2.05) is 0 Å². The summed E-state index contributed by atoms with van der Waals surface area (Å²) in [6, 6.07) is 5.04. The number of methoxy groups -OCH3 is 1. The molecule has 1 aromatic carbocycles. The molecule has 0 bridgehead atoms. The van der Waals surface area contributed by atoms with Crippen molar-refractivity contribution < 1.29 is 18.7 Å². The van der Waals surface area contributed by atoms with Gasteiger partial charge in [0.25, 0.3) is 5.91 Å². The molecule has 2 aromatic rings. The maximum Gasteiger partial charge on any atom is 0.254 e. The zero-order chi connectivity index (χ0) is 15.7. The summed E-state index contributed by atoms with van der Waals surface area (Å²) >= 11 is 6.03. The number of halogens is 1. The maximum atomic E-state index is 12.5. The molecule has 0 spiro atoms. The van der Waals surface area contributed by atoms with Gasteiger partial charge in [-0.05, 0) is 18.2 Å². The van der Waals surface area contributed by atoms with Gasteiger partial charge < -0.3 is 19.4 Å². The van der Waals surface area contributed by atoms with Crippen LogP contribution in [0.1, 0.15) is 10.4 Å². The third-order valence-electron chi connectivity index (χ3n) is 3.61. The average molecular weight is 323 g/mol. The number of benzene rings is 1. The van der Waals surface area contributed by atoms with Crippen LogP contribution in [-0.2, 0) is 9.53 Å². The number of likely N-dealkylation sites (tertiary alicyclic amines) is 1. The Hall–Kier alpha value is -2.05. The van der Waals surface area contributed by atoms with Crippen LogP contribution in [0.15, 0.2) is 28.9 Å². The van der Waals surface area contributed by atoms with E-state index < -0.39 is 0 Å². The van der Waals surface area contributed by atoms with Crippen LogP contribution in [-0.4, -0.2) is 49.6 Å². The molecule has 2 amide bonds. The minimum atomic E-state index is -0.177. The highest BCUT2D eigenvalue weighted by atomic mass is 35.5. The SMILES string of the molecule is COCC(=O)NC1CN(C(=O)c2ccc(Cl)c3occc23)C1. The maximum absolute atomic E-state index is 12.5. The largest absolute Gasteiger partial charge is 0.463 e. The lowest BCUT2D eigenvalue weighted by Crippen LogP contribution is -2.61. The number of amides is 2. The zero-order valence-corrected chi connectivity index (χ0v) is 12.7. The molecule has 0 atom stereocenters. The summed E-state index contributed by atoms with van der Waals surface area (Å²) in [5, 5.41) is 3.97. The fourth-order valence-corrected chi connectivity index (χ4v) is 2.73. The van der Waals surface area contributed by atoms with Crippen LogP contribution in [0, 0.1) is 0 Å². The van der Waals surface area contributed by atoms with Gasteiger partial charge in [0, 0.05) is 25.6 Å². The molecule has 3 rings (SSSR count). The summed E-state index contributed by atoms with van der Waals surface area (Å²) in [6.07, 6.45) is 1.51. The molecular weight excluding hydrogens is 308 g/mol. The van der Waals surface area contributed by atoms with Gasteiger partial charge >= 0.3 is 0 Å². The molecule has 0 aliphatic carbocycles. The number of hydrogen-bond acceptors (Lipinski definition) is 4. The third kappa shape index (κ3) is 2.67. The Morgan fingerprint density at radius 1 is 1.41 bits per heavy atom. The summed E-state index contributed by atoms with van der Waals surface area (Å²) < 4.78 is 10.0. The van der Waals surface area contributed by atoms with Crippen LogP contribution in [0.3, 0.4) is 0 Å². The van der Waals surface area contributed by atoms with Crippen LogP contribution >= 0.6 is 11.6 Å². The Morgan fingerprint density at radius 3 is 2.91 bits per heavy atom. The topological polar surface area (TPSA) is 71.8 Å².